The zero-order valence-electron chi connectivity index (χ0n) is 17.6. The van der Waals surface area contributed by atoms with Crippen LogP contribution in [-0.2, 0) is 11.3 Å². The molecule has 11 heteroatoms. The molecule has 0 saturated heterocycles. The zero-order valence-corrected chi connectivity index (χ0v) is 18.4. The predicted octanol–water partition coefficient (Wildman–Crippen LogP) is 2.55. The van der Waals surface area contributed by atoms with Gasteiger partial charge in [0.05, 0.1) is 27.8 Å². The van der Waals surface area contributed by atoms with Gasteiger partial charge in [-0.25, -0.2) is 23.5 Å². The van der Waals surface area contributed by atoms with Crippen molar-refractivity contribution in [1.29, 1.82) is 0 Å². The number of hydrogen-bond acceptors (Lipinski definition) is 7. The molecule has 0 aliphatic rings. The lowest BCUT2D eigenvalue weighted by molar-refractivity contribution is 0.0468. The molecule has 34 heavy (non-hydrogen) atoms. The summed E-state index contributed by atoms with van der Waals surface area (Å²) in [4.78, 5) is 57.5. The Morgan fingerprint density at radius 1 is 1.15 bits per heavy atom. The van der Waals surface area contributed by atoms with Gasteiger partial charge in [-0.05, 0) is 37.3 Å². The number of hydrogen-bond donors (Lipinski definition) is 1. The molecule has 0 aliphatic heterocycles. The molecule has 3 heterocycles. The number of nitrogens with zero attached hydrogens (tertiary/aromatic N) is 3. The Labute approximate surface area is 193 Å². The third-order valence-corrected chi connectivity index (χ3v) is 6.15. The van der Waals surface area contributed by atoms with Gasteiger partial charge in [0.25, 0.3) is 11.1 Å². The van der Waals surface area contributed by atoms with Crippen LogP contribution >= 0.6 is 11.3 Å². The summed E-state index contributed by atoms with van der Waals surface area (Å²) in [6, 6.07) is 10.7. The maximum Gasteiger partial charge on any atom is 0.338 e. The highest BCUT2D eigenvalue weighted by Gasteiger charge is 2.16. The molecule has 3 aromatic heterocycles. The van der Waals surface area contributed by atoms with Gasteiger partial charge in [-0.1, -0.05) is 12.1 Å². The van der Waals surface area contributed by atoms with Crippen molar-refractivity contribution in [3.63, 3.8) is 0 Å². The highest BCUT2D eigenvalue weighted by molar-refractivity contribution is 7.15. The lowest BCUT2D eigenvalue weighted by Gasteiger charge is -2.09. The molecule has 0 unspecified atom stereocenters. The molecule has 9 nitrogen and oxygen atoms in total. The van der Waals surface area contributed by atoms with Crippen LogP contribution in [0.3, 0.4) is 0 Å². The van der Waals surface area contributed by atoms with E-state index in [9.17, 15) is 23.6 Å². The van der Waals surface area contributed by atoms with Gasteiger partial charge in [0.1, 0.15) is 12.4 Å². The molecule has 1 N–H and O–H groups in total. The number of esters is 1. The molecular formula is C23H15FN4O5S. The fourth-order valence-electron chi connectivity index (χ4n) is 3.59. The van der Waals surface area contributed by atoms with Gasteiger partial charge in [0.15, 0.2) is 4.96 Å². The second-order valence-electron chi connectivity index (χ2n) is 7.44. The van der Waals surface area contributed by atoms with Gasteiger partial charge in [-0.15, -0.1) is 11.3 Å². The van der Waals surface area contributed by atoms with Gasteiger partial charge in [0, 0.05) is 17.1 Å². The second kappa shape index (κ2) is 8.19. The lowest BCUT2D eigenvalue weighted by Crippen LogP contribution is -2.34. The average molecular weight is 478 g/mol. The van der Waals surface area contributed by atoms with Crippen LogP contribution in [0.1, 0.15) is 21.7 Å². The van der Waals surface area contributed by atoms with E-state index in [1.165, 1.54) is 58.2 Å². The fraction of sp³-hybridized carbons (Fsp3) is 0.0870. The van der Waals surface area contributed by atoms with Gasteiger partial charge >= 0.3 is 11.7 Å². The lowest BCUT2D eigenvalue weighted by atomic mass is 10.1. The Balaban J connectivity index is 1.44. The summed E-state index contributed by atoms with van der Waals surface area (Å²) in [5, 5.41) is 1.89. The topological polar surface area (TPSA) is 116 Å². The van der Waals surface area contributed by atoms with Crippen LogP contribution in [-0.4, -0.2) is 24.9 Å². The zero-order chi connectivity index (χ0) is 24.0. The average Bonchev–Trinajstić information content (AvgIpc) is 3.19. The van der Waals surface area contributed by atoms with Crippen LogP contribution < -0.4 is 16.8 Å². The molecule has 0 radical (unpaired) electrons. The predicted molar refractivity (Wildman–Crippen MR) is 123 cm³/mol. The summed E-state index contributed by atoms with van der Waals surface area (Å²) in [7, 11) is 0. The quantitative estimate of drug-likeness (QED) is 0.397. The summed E-state index contributed by atoms with van der Waals surface area (Å²) in [6.45, 7) is 1.56. The number of rotatable bonds is 4. The molecule has 0 spiro atoms. The van der Waals surface area contributed by atoms with E-state index in [4.69, 9.17) is 4.74 Å². The van der Waals surface area contributed by atoms with Crippen LogP contribution in [0.4, 0.5) is 4.39 Å². The minimum absolute atomic E-state index is 0.0796. The number of benzene rings is 2. The Morgan fingerprint density at radius 3 is 2.74 bits per heavy atom. The van der Waals surface area contributed by atoms with Crippen molar-refractivity contribution in [2.45, 2.75) is 13.5 Å². The number of fused-ring (bicyclic) bond motifs is 2. The van der Waals surface area contributed by atoms with Crippen molar-refractivity contribution in [2.24, 2.45) is 0 Å². The Hall–Kier alpha value is -4.38. The van der Waals surface area contributed by atoms with E-state index in [1.54, 1.807) is 12.3 Å². The van der Waals surface area contributed by atoms with Crippen molar-refractivity contribution < 1.29 is 13.9 Å². The molecule has 0 saturated carbocycles. The van der Waals surface area contributed by atoms with Crippen LogP contribution in [0.25, 0.3) is 21.6 Å². The van der Waals surface area contributed by atoms with Crippen molar-refractivity contribution >= 4 is 33.2 Å². The summed E-state index contributed by atoms with van der Waals surface area (Å²) < 4.78 is 21.6. The number of H-pyrrole nitrogens is 1. The number of aryl methyl sites for hydroxylation is 1. The molecule has 0 fully saturated rings. The minimum Gasteiger partial charge on any atom is -0.456 e. The summed E-state index contributed by atoms with van der Waals surface area (Å²) in [5.74, 6) is -1.45. The third-order valence-electron chi connectivity index (χ3n) is 5.21. The Bertz CT molecular complexity index is 1780. The first kappa shape index (κ1) is 21.5. The molecule has 5 aromatic rings. The molecule has 0 atom stereocenters. The summed E-state index contributed by atoms with van der Waals surface area (Å²) in [6.07, 6.45) is 0. The van der Waals surface area contributed by atoms with Gasteiger partial charge in [-0.2, -0.15) is 0 Å². The molecule has 0 aliphatic carbocycles. The van der Waals surface area contributed by atoms with Gasteiger partial charge in [-0.3, -0.25) is 14.0 Å². The highest BCUT2D eigenvalue weighted by atomic mass is 32.1. The van der Waals surface area contributed by atoms with Crippen molar-refractivity contribution in [2.75, 3.05) is 0 Å². The maximum atomic E-state index is 14.1. The van der Waals surface area contributed by atoms with E-state index >= 15 is 0 Å². The number of ether oxygens (including phenoxy) is 1. The Morgan fingerprint density at radius 2 is 1.94 bits per heavy atom. The van der Waals surface area contributed by atoms with Gasteiger partial charge < -0.3 is 9.72 Å². The molecule has 170 valence electrons. The third kappa shape index (κ3) is 3.61. The SMILES string of the molecule is Cc1csc2nc(COC(=O)c3ccc4c(=O)n(-c5ccccc5F)c(=O)[nH]c4c3)cc(=O)n12. The minimum atomic E-state index is -0.850. The number of aromatic nitrogens is 4. The van der Waals surface area contributed by atoms with E-state index in [2.05, 4.69) is 9.97 Å². The van der Waals surface area contributed by atoms with E-state index in [0.29, 0.717) is 15.2 Å². The van der Waals surface area contributed by atoms with Gasteiger partial charge in [0.2, 0.25) is 0 Å². The number of nitrogens with one attached hydrogen (secondary N) is 1. The number of aromatic amines is 1. The number of halogens is 1. The second-order valence-corrected chi connectivity index (χ2v) is 8.28. The number of thiazole rings is 1. The smallest absolute Gasteiger partial charge is 0.338 e. The van der Waals surface area contributed by atoms with Crippen LogP contribution in [0.2, 0.25) is 0 Å². The Kier molecular flexibility index (Phi) is 5.17. The molecule has 2 aromatic carbocycles. The van der Waals surface area contributed by atoms with E-state index in [-0.39, 0.29) is 34.3 Å². The molecule has 0 amide bonds. The van der Waals surface area contributed by atoms with E-state index < -0.39 is 23.0 Å². The number of para-hydroxylation sites is 1. The fourth-order valence-corrected chi connectivity index (χ4v) is 4.49. The van der Waals surface area contributed by atoms with Crippen LogP contribution in [0.5, 0.6) is 0 Å². The standard InChI is InChI=1S/C23H15FN4O5S/c1-12-11-34-23-25-14(9-19(29)27(12)23)10-33-21(31)13-6-7-15-17(8-13)26-22(32)28(20(15)30)18-5-3-2-4-16(18)24/h2-9,11H,10H2,1H3,(H,26,32). The number of carbonyl (C=O) groups is 1. The van der Waals surface area contributed by atoms with E-state index in [0.717, 1.165) is 11.8 Å². The first-order valence-electron chi connectivity index (χ1n) is 10.0. The van der Waals surface area contributed by atoms with Crippen molar-refractivity contribution in [1.82, 2.24) is 18.9 Å². The first-order chi connectivity index (χ1) is 16.3. The van der Waals surface area contributed by atoms with Crippen molar-refractivity contribution in [3.05, 3.63) is 108 Å². The summed E-state index contributed by atoms with van der Waals surface area (Å²) in [5.41, 5.74) is -0.794. The van der Waals surface area contributed by atoms with Crippen molar-refractivity contribution in [3.8, 4) is 5.69 Å². The first-order valence-corrected chi connectivity index (χ1v) is 10.9. The maximum absolute atomic E-state index is 14.1. The van der Waals surface area contributed by atoms with E-state index in [1.807, 2.05) is 0 Å². The largest absolute Gasteiger partial charge is 0.456 e. The summed E-state index contributed by atoms with van der Waals surface area (Å²) >= 11 is 1.30. The normalized spacial score (nSPS) is 11.2. The molecule has 5 rings (SSSR count). The van der Waals surface area contributed by atoms with Crippen LogP contribution in [0.15, 0.2) is 68.3 Å². The molecular weight excluding hydrogens is 463 g/mol. The van der Waals surface area contributed by atoms with Crippen LogP contribution in [0, 0.1) is 12.7 Å². The highest BCUT2D eigenvalue weighted by Crippen LogP contribution is 2.15. The monoisotopic (exact) mass is 478 g/mol. The molecule has 0 bridgehead atoms. The number of carbonyl (C=O) groups excluding carboxylic acids is 1.